The van der Waals surface area contributed by atoms with Crippen molar-refractivity contribution < 1.29 is 22.7 Å². The molecule has 5 heterocycles. The van der Waals surface area contributed by atoms with E-state index in [1.54, 1.807) is 17.2 Å². The third kappa shape index (κ3) is 3.21. The second-order valence-electron chi connectivity index (χ2n) is 9.07. The van der Waals surface area contributed by atoms with Crippen molar-refractivity contribution in [3.63, 3.8) is 0 Å². The predicted octanol–water partition coefficient (Wildman–Crippen LogP) is 4.31. The fourth-order valence-corrected chi connectivity index (χ4v) is 5.24. The number of anilines is 1. The van der Waals surface area contributed by atoms with Gasteiger partial charge >= 0.3 is 6.18 Å². The second kappa shape index (κ2) is 7.30. The standard InChI is InChI=1S/C24H21F3N6O2/c1-11-3-6-19-21(14-5-4-13(24(25,26)27)7-20(14)35-19)32(11)23(34)15-8-17-16(9-30-15)31-22(28)18-10-29-12(2)33(17)18/h4-5,7-11,19,21H,3,6H2,1-2H3,(H2,28,31). The first-order valence-corrected chi connectivity index (χ1v) is 11.2. The minimum atomic E-state index is -4.47. The number of piperidine rings is 1. The number of likely N-dealkylation sites (tertiary alicyclic amines) is 1. The molecule has 180 valence electrons. The zero-order chi connectivity index (χ0) is 24.6. The number of aryl methyl sites for hydroxylation is 1. The van der Waals surface area contributed by atoms with E-state index < -0.39 is 23.9 Å². The summed E-state index contributed by atoms with van der Waals surface area (Å²) in [5.74, 6) is 0.843. The van der Waals surface area contributed by atoms with Gasteiger partial charge in [0, 0.05) is 11.6 Å². The van der Waals surface area contributed by atoms with Crippen molar-refractivity contribution in [3.8, 4) is 5.75 Å². The first kappa shape index (κ1) is 21.6. The van der Waals surface area contributed by atoms with Gasteiger partial charge in [-0.05, 0) is 44.9 Å². The number of imidazole rings is 1. The molecule has 3 unspecified atom stereocenters. The van der Waals surface area contributed by atoms with Gasteiger partial charge in [-0.3, -0.25) is 9.20 Å². The zero-order valence-corrected chi connectivity index (χ0v) is 18.9. The molecule has 8 nitrogen and oxygen atoms in total. The van der Waals surface area contributed by atoms with E-state index in [1.165, 1.54) is 12.3 Å². The minimum Gasteiger partial charge on any atom is -0.488 e. The molecule has 1 aromatic carbocycles. The summed E-state index contributed by atoms with van der Waals surface area (Å²) >= 11 is 0. The number of carbonyl (C=O) groups is 1. The van der Waals surface area contributed by atoms with E-state index in [1.807, 2.05) is 18.2 Å². The molecule has 2 N–H and O–H groups in total. The normalized spacial score (nSPS) is 21.7. The number of nitrogen functional groups attached to an aromatic ring is 1. The number of alkyl halides is 3. The molecule has 4 aromatic rings. The Morgan fingerprint density at radius 1 is 1.14 bits per heavy atom. The largest absolute Gasteiger partial charge is 0.488 e. The highest BCUT2D eigenvalue weighted by molar-refractivity contribution is 5.96. The van der Waals surface area contributed by atoms with Crippen LogP contribution in [0.15, 0.2) is 36.7 Å². The molecule has 3 atom stereocenters. The molecule has 0 saturated carbocycles. The van der Waals surface area contributed by atoms with Crippen LogP contribution in [0.25, 0.3) is 16.6 Å². The van der Waals surface area contributed by atoms with Crippen LogP contribution in [0.5, 0.6) is 5.75 Å². The third-order valence-corrected chi connectivity index (χ3v) is 6.93. The van der Waals surface area contributed by atoms with Crippen LogP contribution in [0.1, 0.15) is 53.2 Å². The Morgan fingerprint density at radius 3 is 2.71 bits per heavy atom. The molecular formula is C24H21F3N6O2. The fourth-order valence-electron chi connectivity index (χ4n) is 5.24. The van der Waals surface area contributed by atoms with E-state index in [4.69, 9.17) is 10.5 Å². The number of nitrogens with zero attached hydrogens (tertiary/aromatic N) is 5. The van der Waals surface area contributed by atoms with Crippen molar-refractivity contribution in [1.29, 1.82) is 0 Å². The van der Waals surface area contributed by atoms with Crippen LogP contribution in [-0.2, 0) is 6.18 Å². The number of hydrogen-bond donors (Lipinski definition) is 1. The van der Waals surface area contributed by atoms with E-state index in [2.05, 4.69) is 15.0 Å². The van der Waals surface area contributed by atoms with Crippen molar-refractivity contribution >= 4 is 28.3 Å². The van der Waals surface area contributed by atoms with Gasteiger partial charge in [-0.1, -0.05) is 6.07 Å². The number of aromatic nitrogens is 4. The third-order valence-electron chi connectivity index (χ3n) is 6.93. The molecule has 2 aliphatic rings. The maximum atomic E-state index is 13.8. The van der Waals surface area contributed by atoms with Gasteiger partial charge < -0.3 is 15.4 Å². The molecule has 1 amide bonds. The molecule has 35 heavy (non-hydrogen) atoms. The number of fused-ring (bicyclic) bond motifs is 6. The second-order valence-corrected chi connectivity index (χ2v) is 9.07. The Morgan fingerprint density at radius 2 is 1.94 bits per heavy atom. The topological polar surface area (TPSA) is 98.6 Å². The summed E-state index contributed by atoms with van der Waals surface area (Å²) in [6.45, 7) is 3.75. The number of pyridine rings is 1. The van der Waals surface area contributed by atoms with Gasteiger partial charge in [-0.15, -0.1) is 0 Å². The van der Waals surface area contributed by atoms with Gasteiger partial charge in [-0.2, -0.15) is 13.2 Å². The Labute approximate surface area is 197 Å². The van der Waals surface area contributed by atoms with E-state index in [0.717, 1.165) is 12.1 Å². The molecule has 0 radical (unpaired) electrons. The Balaban J connectivity index is 1.44. The average Bonchev–Trinajstić information content (AvgIpc) is 3.39. The molecule has 3 aromatic heterocycles. The first-order chi connectivity index (χ1) is 16.6. The summed E-state index contributed by atoms with van der Waals surface area (Å²) in [5.41, 5.74) is 7.84. The van der Waals surface area contributed by atoms with Crippen molar-refractivity contribution in [3.05, 3.63) is 59.3 Å². The van der Waals surface area contributed by atoms with Crippen LogP contribution < -0.4 is 10.5 Å². The van der Waals surface area contributed by atoms with Crippen molar-refractivity contribution in [2.45, 2.75) is 51.1 Å². The maximum absolute atomic E-state index is 13.8. The van der Waals surface area contributed by atoms with Crippen LogP contribution >= 0.6 is 0 Å². The summed E-state index contributed by atoms with van der Waals surface area (Å²) in [5, 5.41) is 0. The van der Waals surface area contributed by atoms with Crippen molar-refractivity contribution in [2.75, 3.05) is 5.73 Å². The highest BCUT2D eigenvalue weighted by Gasteiger charge is 2.47. The van der Waals surface area contributed by atoms with Crippen molar-refractivity contribution in [1.82, 2.24) is 24.3 Å². The van der Waals surface area contributed by atoms with E-state index in [0.29, 0.717) is 46.6 Å². The monoisotopic (exact) mass is 482 g/mol. The number of hydrogen-bond acceptors (Lipinski definition) is 6. The van der Waals surface area contributed by atoms with Crippen LogP contribution in [0.4, 0.5) is 19.0 Å². The Bertz CT molecular complexity index is 1510. The van der Waals surface area contributed by atoms with Gasteiger partial charge in [-0.25, -0.2) is 15.0 Å². The van der Waals surface area contributed by atoms with Crippen LogP contribution in [0.2, 0.25) is 0 Å². The van der Waals surface area contributed by atoms with E-state index >= 15 is 0 Å². The van der Waals surface area contributed by atoms with E-state index in [9.17, 15) is 18.0 Å². The summed E-state index contributed by atoms with van der Waals surface area (Å²) in [6.07, 6.45) is -0.480. The lowest BCUT2D eigenvalue weighted by molar-refractivity contribution is -0.137. The predicted molar refractivity (Wildman–Crippen MR) is 121 cm³/mol. The molecule has 0 spiro atoms. The number of halogens is 3. The first-order valence-electron chi connectivity index (χ1n) is 11.2. The summed E-state index contributed by atoms with van der Waals surface area (Å²) in [6, 6.07) is 4.48. The lowest BCUT2D eigenvalue weighted by Gasteiger charge is -2.41. The molecule has 1 fully saturated rings. The smallest absolute Gasteiger partial charge is 0.416 e. The highest BCUT2D eigenvalue weighted by Crippen LogP contribution is 2.48. The van der Waals surface area contributed by atoms with Crippen LogP contribution in [-0.4, -0.2) is 42.3 Å². The lowest BCUT2D eigenvalue weighted by Crippen LogP contribution is -2.49. The van der Waals surface area contributed by atoms with Crippen LogP contribution in [0, 0.1) is 6.92 Å². The fraction of sp³-hybridized carbons (Fsp3) is 0.333. The molecule has 0 bridgehead atoms. The van der Waals surface area contributed by atoms with Gasteiger partial charge in [0.15, 0.2) is 0 Å². The molecule has 6 rings (SSSR count). The highest BCUT2D eigenvalue weighted by atomic mass is 19.4. The van der Waals surface area contributed by atoms with Gasteiger partial charge in [0.25, 0.3) is 5.91 Å². The molecule has 0 aliphatic carbocycles. The Hall–Kier alpha value is -3.89. The maximum Gasteiger partial charge on any atom is 0.416 e. The van der Waals surface area contributed by atoms with Gasteiger partial charge in [0.2, 0.25) is 0 Å². The number of nitrogens with two attached hydrogens (primary N) is 1. The number of benzene rings is 1. The number of amides is 1. The van der Waals surface area contributed by atoms with Gasteiger partial charge in [0.05, 0.1) is 29.5 Å². The minimum absolute atomic E-state index is 0.155. The SMILES string of the molecule is Cc1ncc2c(N)nc3cnc(C(=O)N4C(C)CCC5Oc6cc(C(F)(F)F)ccc6C54)cc3n12. The number of rotatable bonds is 1. The molecule has 2 aliphatic heterocycles. The number of ether oxygens (including phenoxy) is 1. The summed E-state index contributed by atoms with van der Waals surface area (Å²) in [4.78, 5) is 28.5. The summed E-state index contributed by atoms with van der Waals surface area (Å²) in [7, 11) is 0. The molecule has 1 saturated heterocycles. The van der Waals surface area contributed by atoms with Crippen molar-refractivity contribution in [2.24, 2.45) is 0 Å². The van der Waals surface area contributed by atoms with Crippen LogP contribution in [0.3, 0.4) is 0 Å². The average molecular weight is 482 g/mol. The molecule has 11 heteroatoms. The Kier molecular flexibility index (Phi) is 4.51. The zero-order valence-electron chi connectivity index (χ0n) is 18.9. The molecular weight excluding hydrogens is 461 g/mol. The lowest BCUT2D eigenvalue weighted by atomic mass is 9.90. The van der Waals surface area contributed by atoms with E-state index in [-0.39, 0.29) is 23.4 Å². The van der Waals surface area contributed by atoms with Gasteiger partial charge in [0.1, 0.15) is 40.2 Å². The number of carbonyl (C=O) groups excluding carboxylic acids is 1. The summed E-state index contributed by atoms with van der Waals surface area (Å²) < 4.78 is 47.4. The quantitative estimate of drug-likeness (QED) is 0.434.